The van der Waals surface area contributed by atoms with Crippen LogP contribution in [0, 0.1) is 0 Å². The number of nitrogens with one attached hydrogen (secondary N) is 1. The van der Waals surface area contributed by atoms with E-state index in [9.17, 15) is 0 Å². The molecule has 1 aromatic rings. The van der Waals surface area contributed by atoms with Crippen LogP contribution in [0.4, 0.5) is 5.82 Å². The summed E-state index contributed by atoms with van der Waals surface area (Å²) < 4.78 is 1.85. The van der Waals surface area contributed by atoms with Crippen LogP contribution in [-0.4, -0.2) is 39.9 Å². The molecule has 0 radical (unpaired) electrons. The Morgan fingerprint density at radius 2 is 2.18 bits per heavy atom. The molecule has 0 saturated carbocycles. The minimum atomic E-state index is 0.577. The van der Waals surface area contributed by atoms with E-state index in [1.54, 1.807) is 0 Å². The molecule has 0 amide bonds. The minimum Gasteiger partial charge on any atom is -0.366 e. The lowest BCUT2D eigenvalue weighted by Gasteiger charge is -2.24. The third-order valence-corrected chi connectivity index (χ3v) is 3.56. The summed E-state index contributed by atoms with van der Waals surface area (Å²) in [6.07, 6.45) is 5.73. The summed E-state index contributed by atoms with van der Waals surface area (Å²) in [5.41, 5.74) is 0. The van der Waals surface area contributed by atoms with Gasteiger partial charge in [0.05, 0.1) is 0 Å². The molecule has 1 aromatic heterocycles. The van der Waals surface area contributed by atoms with Gasteiger partial charge in [0.25, 0.3) is 0 Å². The number of nitrogens with zero attached hydrogens (tertiary/aromatic N) is 3. The number of anilines is 1. The first-order valence-corrected chi connectivity index (χ1v) is 6.65. The molecule has 0 aliphatic carbocycles. The standard InChI is InChI=1S/C13H24N4/c1-11(2)17-8-4-5-12(6-10-17)14-13-7-9-16(3)15-13/h7,9,11-12H,4-6,8,10H2,1-3H3,(H,14,15). The molecule has 96 valence electrons. The molecular formula is C13H24N4. The van der Waals surface area contributed by atoms with Gasteiger partial charge in [-0.2, -0.15) is 5.10 Å². The van der Waals surface area contributed by atoms with E-state index in [4.69, 9.17) is 0 Å². The van der Waals surface area contributed by atoms with Gasteiger partial charge in [-0.15, -0.1) is 0 Å². The van der Waals surface area contributed by atoms with Crippen LogP contribution >= 0.6 is 0 Å². The van der Waals surface area contributed by atoms with Gasteiger partial charge in [-0.3, -0.25) is 4.68 Å². The third-order valence-electron chi connectivity index (χ3n) is 3.56. The molecule has 0 spiro atoms. The predicted molar refractivity (Wildman–Crippen MR) is 71.2 cm³/mol. The highest BCUT2D eigenvalue weighted by Gasteiger charge is 2.18. The Labute approximate surface area is 104 Å². The first-order chi connectivity index (χ1) is 8.15. The normalized spacial score (nSPS) is 22.7. The summed E-state index contributed by atoms with van der Waals surface area (Å²) in [6, 6.07) is 3.29. The molecule has 1 unspecified atom stereocenters. The molecule has 1 atom stereocenters. The second kappa shape index (κ2) is 5.54. The molecular weight excluding hydrogens is 212 g/mol. The van der Waals surface area contributed by atoms with Crippen molar-refractivity contribution < 1.29 is 0 Å². The topological polar surface area (TPSA) is 33.1 Å². The Morgan fingerprint density at radius 1 is 1.35 bits per heavy atom. The fourth-order valence-corrected chi connectivity index (χ4v) is 2.48. The van der Waals surface area contributed by atoms with Crippen molar-refractivity contribution in [1.82, 2.24) is 14.7 Å². The van der Waals surface area contributed by atoms with Gasteiger partial charge in [0, 0.05) is 37.9 Å². The number of aromatic nitrogens is 2. The molecule has 0 bridgehead atoms. The van der Waals surface area contributed by atoms with Crippen molar-refractivity contribution in [3.05, 3.63) is 12.3 Å². The maximum absolute atomic E-state index is 4.38. The number of hydrogen-bond donors (Lipinski definition) is 1. The molecule has 1 saturated heterocycles. The summed E-state index contributed by atoms with van der Waals surface area (Å²) in [5.74, 6) is 1.01. The fourth-order valence-electron chi connectivity index (χ4n) is 2.48. The first kappa shape index (κ1) is 12.4. The van der Waals surface area contributed by atoms with E-state index in [-0.39, 0.29) is 0 Å². The van der Waals surface area contributed by atoms with Crippen LogP contribution in [-0.2, 0) is 7.05 Å². The lowest BCUT2D eigenvalue weighted by molar-refractivity contribution is 0.230. The molecule has 17 heavy (non-hydrogen) atoms. The molecule has 1 aliphatic heterocycles. The highest BCUT2D eigenvalue weighted by atomic mass is 15.3. The second-order valence-electron chi connectivity index (χ2n) is 5.28. The first-order valence-electron chi connectivity index (χ1n) is 6.65. The van der Waals surface area contributed by atoms with Crippen LogP contribution < -0.4 is 5.32 Å². The smallest absolute Gasteiger partial charge is 0.148 e. The van der Waals surface area contributed by atoms with Crippen molar-refractivity contribution in [3.8, 4) is 0 Å². The summed E-state index contributed by atoms with van der Waals surface area (Å²) in [7, 11) is 1.96. The number of likely N-dealkylation sites (tertiary alicyclic amines) is 1. The zero-order chi connectivity index (χ0) is 12.3. The molecule has 1 fully saturated rings. The lowest BCUT2D eigenvalue weighted by Crippen LogP contribution is -2.32. The maximum Gasteiger partial charge on any atom is 0.148 e. The SMILES string of the molecule is CC(C)N1CCCC(Nc2ccn(C)n2)CC1. The van der Waals surface area contributed by atoms with Crippen LogP contribution in [0.15, 0.2) is 12.3 Å². The quantitative estimate of drug-likeness (QED) is 0.872. The van der Waals surface area contributed by atoms with Crippen molar-refractivity contribution >= 4 is 5.82 Å². The van der Waals surface area contributed by atoms with Gasteiger partial charge in [-0.25, -0.2) is 0 Å². The van der Waals surface area contributed by atoms with Gasteiger partial charge in [-0.1, -0.05) is 0 Å². The second-order valence-corrected chi connectivity index (χ2v) is 5.28. The zero-order valence-corrected chi connectivity index (χ0v) is 11.2. The van der Waals surface area contributed by atoms with Gasteiger partial charge in [0.2, 0.25) is 0 Å². The molecule has 0 aromatic carbocycles. The number of rotatable bonds is 3. The van der Waals surface area contributed by atoms with E-state index in [2.05, 4.69) is 29.2 Å². The van der Waals surface area contributed by atoms with Crippen molar-refractivity contribution in [2.24, 2.45) is 7.05 Å². The molecule has 2 heterocycles. The summed E-state index contributed by atoms with van der Waals surface area (Å²) >= 11 is 0. The summed E-state index contributed by atoms with van der Waals surface area (Å²) in [6.45, 7) is 7.00. The van der Waals surface area contributed by atoms with E-state index in [1.165, 1.54) is 32.4 Å². The molecule has 4 heteroatoms. The molecule has 4 nitrogen and oxygen atoms in total. The number of hydrogen-bond acceptors (Lipinski definition) is 3. The van der Waals surface area contributed by atoms with Crippen LogP contribution in [0.3, 0.4) is 0 Å². The van der Waals surface area contributed by atoms with E-state index in [0.717, 1.165) is 5.82 Å². The average molecular weight is 236 g/mol. The molecule has 1 aliphatic rings. The van der Waals surface area contributed by atoms with Gasteiger partial charge in [-0.05, 0) is 39.7 Å². The Kier molecular flexibility index (Phi) is 4.05. The van der Waals surface area contributed by atoms with Gasteiger partial charge in [0.15, 0.2) is 0 Å². The predicted octanol–water partition coefficient (Wildman–Crippen LogP) is 2.09. The van der Waals surface area contributed by atoms with E-state index >= 15 is 0 Å². The molecule has 1 N–H and O–H groups in total. The number of aryl methyl sites for hydroxylation is 1. The van der Waals surface area contributed by atoms with E-state index < -0.39 is 0 Å². The van der Waals surface area contributed by atoms with Crippen LogP contribution in [0.2, 0.25) is 0 Å². The highest BCUT2D eigenvalue weighted by Crippen LogP contribution is 2.16. The Bertz CT molecular complexity index is 345. The monoisotopic (exact) mass is 236 g/mol. The van der Waals surface area contributed by atoms with Gasteiger partial charge in [0.1, 0.15) is 5.82 Å². The third kappa shape index (κ3) is 3.46. The average Bonchev–Trinajstić information content (AvgIpc) is 2.54. The Hall–Kier alpha value is -1.03. The largest absolute Gasteiger partial charge is 0.366 e. The maximum atomic E-state index is 4.38. The van der Waals surface area contributed by atoms with Crippen LogP contribution in [0.25, 0.3) is 0 Å². The van der Waals surface area contributed by atoms with Crippen molar-refractivity contribution in [2.45, 2.75) is 45.2 Å². The van der Waals surface area contributed by atoms with E-state index in [0.29, 0.717) is 12.1 Å². The van der Waals surface area contributed by atoms with Gasteiger partial charge < -0.3 is 10.2 Å². The zero-order valence-electron chi connectivity index (χ0n) is 11.2. The van der Waals surface area contributed by atoms with Crippen molar-refractivity contribution in [2.75, 3.05) is 18.4 Å². The Balaban J connectivity index is 1.86. The Morgan fingerprint density at radius 3 is 2.82 bits per heavy atom. The van der Waals surface area contributed by atoms with Crippen LogP contribution in [0.1, 0.15) is 33.1 Å². The lowest BCUT2D eigenvalue weighted by atomic mass is 10.1. The fraction of sp³-hybridized carbons (Fsp3) is 0.769. The summed E-state index contributed by atoms with van der Waals surface area (Å²) in [4.78, 5) is 2.57. The van der Waals surface area contributed by atoms with Crippen LogP contribution in [0.5, 0.6) is 0 Å². The molecule has 2 rings (SSSR count). The van der Waals surface area contributed by atoms with E-state index in [1.807, 2.05) is 24.0 Å². The summed E-state index contributed by atoms with van der Waals surface area (Å²) in [5, 5.41) is 7.92. The van der Waals surface area contributed by atoms with Crippen molar-refractivity contribution in [3.63, 3.8) is 0 Å². The minimum absolute atomic E-state index is 0.577. The van der Waals surface area contributed by atoms with Crippen molar-refractivity contribution in [1.29, 1.82) is 0 Å². The van der Waals surface area contributed by atoms with Gasteiger partial charge >= 0.3 is 0 Å². The highest BCUT2D eigenvalue weighted by molar-refractivity contribution is 5.33.